The van der Waals surface area contributed by atoms with Crippen LogP contribution in [0.4, 0.5) is 0 Å². The van der Waals surface area contributed by atoms with E-state index in [-0.39, 0.29) is 0 Å². The molecule has 0 saturated heterocycles. The first-order valence-electron chi connectivity index (χ1n) is 3.47. The third kappa shape index (κ3) is 2.39. The van der Waals surface area contributed by atoms with Gasteiger partial charge in [-0.05, 0) is 30.5 Å². The predicted octanol–water partition coefficient (Wildman–Crippen LogP) is 3.76. The second-order valence-corrected chi connectivity index (χ2v) is 3.18. The van der Waals surface area contributed by atoms with Gasteiger partial charge in [-0.2, -0.15) is 0 Å². The van der Waals surface area contributed by atoms with Crippen molar-refractivity contribution < 1.29 is 0 Å². The normalized spacial score (nSPS) is 10.1. The Balaban J connectivity index is 2.90. The van der Waals surface area contributed by atoms with Gasteiger partial charge in [0.25, 0.3) is 0 Å². The molecule has 0 heterocycles. The van der Waals surface area contributed by atoms with Crippen molar-refractivity contribution in [2.75, 3.05) is 0 Å². The maximum Gasteiger partial charge on any atom is 0.0452 e. The summed E-state index contributed by atoms with van der Waals surface area (Å²) >= 11 is 11.6. The lowest BCUT2D eigenvalue weighted by Gasteiger charge is -2.01. The van der Waals surface area contributed by atoms with Crippen LogP contribution in [0.1, 0.15) is 12.0 Å². The number of benzene rings is 1. The zero-order valence-corrected chi connectivity index (χ0v) is 7.62. The summed E-state index contributed by atoms with van der Waals surface area (Å²) in [6.45, 7) is 3.75. The summed E-state index contributed by atoms with van der Waals surface area (Å²) in [6, 6.07) is 5.54. The Morgan fingerprint density at radius 3 is 2.55 bits per heavy atom. The highest BCUT2D eigenvalue weighted by Gasteiger charge is 1.98. The van der Waals surface area contributed by atoms with Crippen LogP contribution in [0.3, 0.4) is 0 Å². The van der Waals surface area contributed by atoms with Gasteiger partial charge in [0.1, 0.15) is 0 Å². The van der Waals surface area contributed by atoms with Crippen molar-refractivity contribution in [3.8, 4) is 0 Å². The molecule has 0 amide bonds. The van der Waals surface area contributed by atoms with Gasteiger partial charge in [-0.25, -0.2) is 0 Å². The number of aryl methyl sites for hydroxylation is 1. The lowest BCUT2D eigenvalue weighted by atomic mass is 10.1. The second kappa shape index (κ2) is 3.99. The fourth-order valence-electron chi connectivity index (χ4n) is 0.915. The fourth-order valence-corrected chi connectivity index (χ4v) is 1.42. The molecular weight excluding hydrogens is 179 g/mol. The van der Waals surface area contributed by atoms with Crippen molar-refractivity contribution in [1.29, 1.82) is 0 Å². The van der Waals surface area contributed by atoms with Crippen molar-refractivity contribution in [3.63, 3.8) is 0 Å². The highest BCUT2D eigenvalue weighted by Crippen LogP contribution is 2.21. The summed E-state index contributed by atoms with van der Waals surface area (Å²) in [4.78, 5) is 0. The molecule has 0 aliphatic rings. The minimum atomic E-state index is 0.683. The Morgan fingerprint density at radius 1 is 1.27 bits per heavy atom. The molecule has 0 N–H and O–H groups in total. The number of halogens is 2. The Hall–Kier alpha value is -0.200. The van der Waals surface area contributed by atoms with Crippen LogP contribution in [-0.4, -0.2) is 0 Å². The standard InChI is InChI=1S/C9H9Cl2/c1-2-3-7-4-5-8(10)6-9(7)11/h4-6H,1-3H2. The summed E-state index contributed by atoms with van der Waals surface area (Å²) in [5.41, 5.74) is 1.12. The van der Waals surface area contributed by atoms with Gasteiger partial charge in [0.15, 0.2) is 0 Å². The van der Waals surface area contributed by atoms with Crippen LogP contribution in [0.5, 0.6) is 0 Å². The van der Waals surface area contributed by atoms with Crippen molar-refractivity contribution in [3.05, 3.63) is 40.7 Å². The quantitative estimate of drug-likeness (QED) is 0.662. The molecular formula is C9H9Cl2. The van der Waals surface area contributed by atoms with E-state index < -0.39 is 0 Å². The third-order valence-corrected chi connectivity index (χ3v) is 2.05. The highest BCUT2D eigenvalue weighted by atomic mass is 35.5. The summed E-state index contributed by atoms with van der Waals surface area (Å²) < 4.78 is 0. The molecule has 1 aromatic rings. The molecule has 0 unspecified atom stereocenters. The summed E-state index contributed by atoms with van der Waals surface area (Å²) in [5, 5.41) is 1.42. The summed E-state index contributed by atoms with van der Waals surface area (Å²) in [6.07, 6.45) is 1.78. The van der Waals surface area contributed by atoms with E-state index in [0.29, 0.717) is 5.02 Å². The van der Waals surface area contributed by atoms with Crippen molar-refractivity contribution in [2.45, 2.75) is 12.8 Å². The number of hydrogen-bond acceptors (Lipinski definition) is 0. The minimum Gasteiger partial charge on any atom is -0.0843 e. The van der Waals surface area contributed by atoms with E-state index in [1.807, 2.05) is 12.1 Å². The van der Waals surface area contributed by atoms with Crippen LogP contribution in [0.15, 0.2) is 18.2 Å². The van der Waals surface area contributed by atoms with E-state index in [1.54, 1.807) is 6.07 Å². The number of hydrogen-bond donors (Lipinski definition) is 0. The summed E-state index contributed by atoms with van der Waals surface area (Å²) in [7, 11) is 0. The molecule has 1 radical (unpaired) electrons. The molecule has 0 saturated carbocycles. The Bertz CT molecular complexity index is 243. The lowest BCUT2D eigenvalue weighted by molar-refractivity contribution is 1.000. The van der Waals surface area contributed by atoms with Crippen LogP contribution in [0.25, 0.3) is 0 Å². The molecule has 0 nitrogen and oxygen atoms in total. The highest BCUT2D eigenvalue weighted by molar-refractivity contribution is 6.35. The SMILES string of the molecule is [CH2]CCc1ccc(Cl)cc1Cl. The fraction of sp³-hybridized carbons (Fsp3) is 0.222. The Labute approximate surface area is 77.1 Å². The molecule has 0 atom stereocenters. The zero-order valence-electron chi connectivity index (χ0n) is 6.11. The zero-order chi connectivity index (χ0) is 8.27. The largest absolute Gasteiger partial charge is 0.0843 e. The predicted molar refractivity (Wildman–Crippen MR) is 50.1 cm³/mol. The maximum absolute atomic E-state index is 5.90. The van der Waals surface area contributed by atoms with E-state index >= 15 is 0 Å². The van der Waals surface area contributed by atoms with Gasteiger partial charge in [-0.1, -0.05) is 36.2 Å². The van der Waals surface area contributed by atoms with Gasteiger partial charge in [0, 0.05) is 10.0 Å². The van der Waals surface area contributed by atoms with Crippen LogP contribution in [0.2, 0.25) is 10.0 Å². The van der Waals surface area contributed by atoms with E-state index in [9.17, 15) is 0 Å². The molecule has 0 spiro atoms. The molecule has 2 heteroatoms. The average molecular weight is 188 g/mol. The molecule has 1 aromatic carbocycles. The first-order chi connectivity index (χ1) is 5.24. The molecule has 0 fully saturated rings. The minimum absolute atomic E-state index is 0.683. The first kappa shape index (κ1) is 8.89. The lowest BCUT2D eigenvalue weighted by Crippen LogP contribution is -1.83. The number of rotatable bonds is 2. The third-order valence-electron chi connectivity index (χ3n) is 1.46. The van der Waals surface area contributed by atoms with Crippen LogP contribution in [0, 0.1) is 6.92 Å². The van der Waals surface area contributed by atoms with Gasteiger partial charge >= 0.3 is 0 Å². The van der Waals surface area contributed by atoms with E-state index in [4.69, 9.17) is 23.2 Å². The van der Waals surface area contributed by atoms with E-state index in [0.717, 1.165) is 23.4 Å². The van der Waals surface area contributed by atoms with Gasteiger partial charge in [-0.3, -0.25) is 0 Å². The monoisotopic (exact) mass is 187 g/mol. The first-order valence-corrected chi connectivity index (χ1v) is 4.23. The van der Waals surface area contributed by atoms with Crippen molar-refractivity contribution >= 4 is 23.2 Å². The molecule has 0 aliphatic heterocycles. The van der Waals surface area contributed by atoms with Gasteiger partial charge in [-0.15, -0.1) is 0 Å². The van der Waals surface area contributed by atoms with Crippen molar-refractivity contribution in [1.82, 2.24) is 0 Å². The molecule has 11 heavy (non-hydrogen) atoms. The summed E-state index contributed by atoms with van der Waals surface area (Å²) in [5.74, 6) is 0. The molecule has 0 aromatic heterocycles. The molecule has 0 aliphatic carbocycles. The Kier molecular flexibility index (Phi) is 3.22. The smallest absolute Gasteiger partial charge is 0.0452 e. The van der Waals surface area contributed by atoms with Gasteiger partial charge < -0.3 is 0 Å². The average Bonchev–Trinajstić information content (AvgIpc) is 1.95. The molecule has 1 rings (SSSR count). The van der Waals surface area contributed by atoms with Crippen LogP contribution in [-0.2, 0) is 6.42 Å². The Morgan fingerprint density at radius 2 is 2.00 bits per heavy atom. The topological polar surface area (TPSA) is 0 Å². The van der Waals surface area contributed by atoms with Crippen molar-refractivity contribution in [2.24, 2.45) is 0 Å². The molecule has 0 bridgehead atoms. The maximum atomic E-state index is 5.90. The van der Waals surface area contributed by atoms with Gasteiger partial charge in [0.05, 0.1) is 0 Å². The van der Waals surface area contributed by atoms with E-state index in [2.05, 4.69) is 6.92 Å². The van der Waals surface area contributed by atoms with Crippen LogP contribution >= 0.6 is 23.2 Å². The van der Waals surface area contributed by atoms with Crippen LogP contribution < -0.4 is 0 Å². The molecule has 59 valence electrons. The van der Waals surface area contributed by atoms with Gasteiger partial charge in [0.2, 0.25) is 0 Å². The second-order valence-electron chi connectivity index (χ2n) is 2.34. The van der Waals surface area contributed by atoms with E-state index in [1.165, 1.54) is 0 Å².